The van der Waals surface area contributed by atoms with Gasteiger partial charge in [-0.15, -0.1) is 0 Å². The van der Waals surface area contributed by atoms with Crippen LogP contribution in [0.1, 0.15) is 27.3 Å². The Kier molecular flexibility index (Phi) is 5.03. The zero-order valence-electron chi connectivity index (χ0n) is 15.5. The molecule has 1 unspecified atom stereocenters. The molecular weight excluding hydrogens is 336 g/mol. The lowest BCUT2D eigenvalue weighted by atomic mass is 10.1. The van der Waals surface area contributed by atoms with Gasteiger partial charge in [0, 0.05) is 56.0 Å². The summed E-state index contributed by atoms with van der Waals surface area (Å²) in [6.45, 7) is 5.16. The second-order valence-corrected chi connectivity index (χ2v) is 7.09. The zero-order chi connectivity index (χ0) is 18.6. The van der Waals surface area contributed by atoms with Gasteiger partial charge in [0.25, 0.3) is 5.91 Å². The van der Waals surface area contributed by atoms with E-state index >= 15 is 0 Å². The number of pyridine rings is 1. The zero-order valence-corrected chi connectivity index (χ0v) is 15.5. The Morgan fingerprint density at radius 1 is 1.15 bits per heavy atom. The smallest absolute Gasteiger partial charge is 0.252 e. The van der Waals surface area contributed by atoms with Crippen molar-refractivity contribution in [3.63, 3.8) is 0 Å². The first-order valence-electron chi connectivity index (χ1n) is 9.32. The van der Waals surface area contributed by atoms with E-state index in [1.807, 2.05) is 25.1 Å². The lowest BCUT2D eigenvalue weighted by molar-refractivity contribution is 0.0898. The molecule has 1 aliphatic rings. The van der Waals surface area contributed by atoms with Crippen molar-refractivity contribution in [2.45, 2.75) is 32.6 Å². The van der Waals surface area contributed by atoms with E-state index in [1.165, 1.54) is 11.3 Å². The van der Waals surface area contributed by atoms with Crippen molar-refractivity contribution in [3.05, 3.63) is 89.5 Å². The van der Waals surface area contributed by atoms with E-state index in [2.05, 4.69) is 62.4 Å². The first-order chi connectivity index (χ1) is 13.2. The first kappa shape index (κ1) is 17.5. The maximum atomic E-state index is 12.5. The molecule has 0 radical (unpaired) electrons. The highest BCUT2D eigenvalue weighted by Gasteiger charge is 2.26. The van der Waals surface area contributed by atoms with Crippen molar-refractivity contribution in [2.24, 2.45) is 0 Å². The predicted octanol–water partition coefficient (Wildman–Crippen LogP) is 3.01. The summed E-state index contributed by atoms with van der Waals surface area (Å²) in [6, 6.07) is 18.7. The summed E-state index contributed by atoms with van der Waals surface area (Å²) in [5, 5.41) is 3.09. The minimum Gasteiger partial charge on any atom is -0.350 e. The molecule has 1 N–H and O–H groups in total. The number of fused-ring (bicyclic) bond motifs is 1. The summed E-state index contributed by atoms with van der Waals surface area (Å²) >= 11 is 0. The Bertz CT molecular complexity index is 902. The van der Waals surface area contributed by atoms with Gasteiger partial charge in [0.1, 0.15) is 0 Å². The number of amides is 1. The van der Waals surface area contributed by atoms with Gasteiger partial charge in [0.15, 0.2) is 0 Å². The molecule has 0 saturated carbocycles. The summed E-state index contributed by atoms with van der Waals surface area (Å²) in [7, 11) is 0. The van der Waals surface area contributed by atoms with Crippen LogP contribution in [0.5, 0.6) is 0 Å². The lowest BCUT2D eigenvalue weighted by Gasteiger charge is -2.37. The Morgan fingerprint density at radius 3 is 2.78 bits per heavy atom. The quantitative estimate of drug-likeness (QED) is 0.761. The highest BCUT2D eigenvalue weighted by Crippen LogP contribution is 2.20. The topological polar surface area (TPSA) is 50.2 Å². The average molecular weight is 360 g/mol. The van der Waals surface area contributed by atoms with Crippen LogP contribution < -0.4 is 5.32 Å². The third-order valence-corrected chi connectivity index (χ3v) is 5.11. The number of hydrogen-bond donors (Lipinski definition) is 1. The molecular formula is C22H24N4O. The molecule has 0 saturated heterocycles. The minimum absolute atomic E-state index is 0.0690. The Labute approximate surface area is 159 Å². The predicted molar refractivity (Wildman–Crippen MR) is 105 cm³/mol. The summed E-state index contributed by atoms with van der Waals surface area (Å²) in [4.78, 5) is 19.1. The van der Waals surface area contributed by atoms with Crippen molar-refractivity contribution in [1.29, 1.82) is 0 Å². The maximum absolute atomic E-state index is 12.5. The van der Waals surface area contributed by atoms with E-state index in [-0.39, 0.29) is 11.9 Å². The number of carbonyl (C=O) groups is 1. The molecule has 1 aromatic carbocycles. The second kappa shape index (κ2) is 7.76. The van der Waals surface area contributed by atoms with E-state index < -0.39 is 0 Å². The van der Waals surface area contributed by atoms with Crippen LogP contribution in [0, 0.1) is 6.92 Å². The molecule has 0 bridgehead atoms. The van der Waals surface area contributed by atoms with Crippen molar-refractivity contribution >= 4 is 5.91 Å². The minimum atomic E-state index is -0.0690. The van der Waals surface area contributed by atoms with Gasteiger partial charge in [0.2, 0.25) is 0 Å². The summed E-state index contributed by atoms with van der Waals surface area (Å²) < 4.78 is 2.28. The van der Waals surface area contributed by atoms with Gasteiger partial charge in [-0.25, -0.2) is 0 Å². The third-order valence-electron chi connectivity index (χ3n) is 5.11. The standard InChI is InChI=1S/C22H24N4O/c1-17-9-10-19(12-23-17)22(27)24-13-21-16-25-11-5-8-20(25)15-26(21)14-18-6-3-2-4-7-18/h2-12,21H,13-16H2,1H3,(H,24,27). The summed E-state index contributed by atoms with van der Waals surface area (Å²) in [6.07, 6.45) is 3.76. The fraction of sp³-hybridized carbons (Fsp3) is 0.273. The van der Waals surface area contributed by atoms with Crippen molar-refractivity contribution in [1.82, 2.24) is 19.8 Å². The molecule has 1 amide bonds. The molecule has 4 rings (SSSR count). The molecule has 0 aliphatic carbocycles. The molecule has 3 aromatic rings. The van der Waals surface area contributed by atoms with Gasteiger partial charge in [-0.3, -0.25) is 14.7 Å². The number of nitrogens with zero attached hydrogens (tertiary/aromatic N) is 3. The molecule has 5 nitrogen and oxygen atoms in total. The molecule has 0 spiro atoms. The molecule has 5 heteroatoms. The highest BCUT2D eigenvalue weighted by atomic mass is 16.1. The highest BCUT2D eigenvalue weighted by molar-refractivity contribution is 5.93. The van der Waals surface area contributed by atoms with Gasteiger partial charge < -0.3 is 9.88 Å². The van der Waals surface area contributed by atoms with Gasteiger partial charge in [-0.05, 0) is 36.8 Å². The second-order valence-electron chi connectivity index (χ2n) is 7.09. The Hall–Kier alpha value is -2.92. The number of rotatable bonds is 5. The SMILES string of the molecule is Cc1ccc(C(=O)NCC2Cn3cccc3CN2Cc2ccccc2)cn1. The lowest BCUT2D eigenvalue weighted by Crippen LogP contribution is -2.48. The monoisotopic (exact) mass is 360 g/mol. The van der Waals surface area contributed by atoms with Gasteiger partial charge >= 0.3 is 0 Å². The van der Waals surface area contributed by atoms with Gasteiger partial charge in [-0.2, -0.15) is 0 Å². The van der Waals surface area contributed by atoms with Crippen LogP contribution in [0.25, 0.3) is 0 Å². The molecule has 1 atom stereocenters. The van der Waals surface area contributed by atoms with Gasteiger partial charge in [0.05, 0.1) is 5.56 Å². The van der Waals surface area contributed by atoms with E-state index in [0.29, 0.717) is 12.1 Å². The fourth-order valence-electron chi connectivity index (χ4n) is 3.56. The van der Waals surface area contributed by atoms with E-state index in [1.54, 1.807) is 6.20 Å². The first-order valence-corrected chi connectivity index (χ1v) is 9.32. The third kappa shape index (κ3) is 4.09. The van der Waals surface area contributed by atoms with Crippen LogP contribution in [-0.2, 0) is 19.6 Å². The molecule has 3 heterocycles. The molecule has 0 fully saturated rings. The molecule has 1 aliphatic heterocycles. The molecule has 138 valence electrons. The summed E-state index contributed by atoms with van der Waals surface area (Å²) in [5.41, 5.74) is 4.12. The Balaban J connectivity index is 1.46. The van der Waals surface area contributed by atoms with Gasteiger partial charge in [-0.1, -0.05) is 30.3 Å². The number of benzene rings is 1. The van der Waals surface area contributed by atoms with Crippen molar-refractivity contribution < 1.29 is 4.79 Å². The Morgan fingerprint density at radius 2 is 2.00 bits per heavy atom. The van der Waals surface area contributed by atoms with E-state index in [4.69, 9.17) is 0 Å². The number of hydrogen-bond acceptors (Lipinski definition) is 3. The number of aromatic nitrogens is 2. The maximum Gasteiger partial charge on any atom is 0.252 e. The van der Waals surface area contributed by atoms with Crippen LogP contribution >= 0.6 is 0 Å². The van der Waals surface area contributed by atoms with Crippen LogP contribution in [0.4, 0.5) is 0 Å². The van der Waals surface area contributed by atoms with E-state index in [0.717, 1.165) is 25.3 Å². The number of nitrogens with one attached hydrogen (secondary N) is 1. The number of aryl methyl sites for hydroxylation is 1. The van der Waals surface area contributed by atoms with Crippen LogP contribution in [0.3, 0.4) is 0 Å². The van der Waals surface area contributed by atoms with Crippen LogP contribution in [-0.4, -0.2) is 32.9 Å². The van der Waals surface area contributed by atoms with Crippen LogP contribution in [0.15, 0.2) is 67.0 Å². The van der Waals surface area contributed by atoms with Crippen LogP contribution in [0.2, 0.25) is 0 Å². The average Bonchev–Trinajstić information content (AvgIpc) is 3.14. The van der Waals surface area contributed by atoms with Crippen molar-refractivity contribution in [2.75, 3.05) is 6.54 Å². The largest absolute Gasteiger partial charge is 0.350 e. The summed E-state index contributed by atoms with van der Waals surface area (Å²) in [5.74, 6) is -0.0690. The molecule has 2 aromatic heterocycles. The normalized spacial score (nSPS) is 16.7. The molecule has 27 heavy (non-hydrogen) atoms. The van der Waals surface area contributed by atoms with Crippen molar-refractivity contribution in [3.8, 4) is 0 Å². The fourth-order valence-corrected chi connectivity index (χ4v) is 3.56. The van der Waals surface area contributed by atoms with E-state index in [9.17, 15) is 4.79 Å². The number of carbonyl (C=O) groups excluding carboxylic acids is 1.